The minimum Gasteiger partial charge on any atom is -0.375 e. The number of nitrogens with zero attached hydrogens (tertiary/aromatic N) is 4. The Labute approximate surface area is 135 Å². The molecule has 120 valence electrons. The predicted octanol–water partition coefficient (Wildman–Crippen LogP) is 2.09. The highest BCUT2D eigenvalue weighted by Gasteiger charge is 2.27. The molecule has 2 aromatic rings. The highest BCUT2D eigenvalue weighted by molar-refractivity contribution is 7.99. The summed E-state index contributed by atoms with van der Waals surface area (Å²) in [6, 6.07) is 0. The van der Waals surface area contributed by atoms with E-state index >= 15 is 0 Å². The van der Waals surface area contributed by atoms with Crippen molar-refractivity contribution < 1.29 is 8.42 Å². The van der Waals surface area contributed by atoms with E-state index in [4.69, 9.17) is 0 Å². The third kappa shape index (κ3) is 2.61. The van der Waals surface area contributed by atoms with Crippen LogP contribution in [0.15, 0.2) is 22.6 Å². The minimum atomic E-state index is -3.50. The summed E-state index contributed by atoms with van der Waals surface area (Å²) in [6.07, 6.45) is 3.20. The Morgan fingerprint density at radius 3 is 2.50 bits per heavy atom. The van der Waals surface area contributed by atoms with Crippen molar-refractivity contribution in [3.05, 3.63) is 24.0 Å². The lowest BCUT2D eigenvalue weighted by molar-refractivity contribution is 0.597. The van der Waals surface area contributed by atoms with Crippen molar-refractivity contribution in [3.8, 4) is 0 Å². The van der Waals surface area contributed by atoms with Gasteiger partial charge in [0.15, 0.2) is 15.5 Å². The molecule has 0 amide bonds. The molecule has 0 aromatic carbocycles. The standard InChI is InChI=1S/C14H20N4O2S2/c1-7-8-22(19,20)12-13-15-9(2)11(17(4)5)10(3)18(13)16-14(12)21-6/h7H,1,8H2,2-6H3. The number of aryl methyl sites for hydroxylation is 2. The topological polar surface area (TPSA) is 67.6 Å². The summed E-state index contributed by atoms with van der Waals surface area (Å²) in [5.74, 6) is -0.128. The van der Waals surface area contributed by atoms with Crippen molar-refractivity contribution in [2.45, 2.75) is 23.8 Å². The molecule has 0 saturated carbocycles. The van der Waals surface area contributed by atoms with Crippen LogP contribution in [0.5, 0.6) is 0 Å². The summed E-state index contributed by atoms with van der Waals surface area (Å²) >= 11 is 1.30. The monoisotopic (exact) mass is 340 g/mol. The summed E-state index contributed by atoms with van der Waals surface area (Å²) in [4.78, 5) is 6.65. The van der Waals surface area contributed by atoms with Crippen molar-refractivity contribution in [2.24, 2.45) is 0 Å². The van der Waals surface area contributed by atoms with Gasteiger partial charge in [-0.1, -0.05) is 6.08 Å². The molecular weight excluding hydrogens is 320 g/mol. The largest absolute Gasteiger partial charge is 0.375 e. The lowest BCUT2D eigenvalue weighted by atomic mass is 10.2. The van der Waals surface area contributed by atoms with Crippen LogP contribution in [0.4, 0.5) is 5.69 Å². The lowest BCUT2D eigenvalue weighted by Crippen LogP contribution is -2.16. The first kappa shape index (κ1) is 16.8. The van der Waals surface area contributed by atoms with Crippen LogP contribution in [0.1, 0.15) is 11.4 Å². The van der Waals surface area contributed by atoms with Crippen LogP contribution in [0, 0.1) is 13.8 Å². The van der Waals surface area contributed by atoms with Gasteiger partial charge in [-0.05, 0) is 20.1 Å². The van der Waals surface area contributed by atoms with Gasteiger partial charge in [-0.2, -0.15) is 5.10 Å². The zero-order chi connectivity index (χ0) is 16.7. The van der Waals surface area contributed by atoms with Gasteiger partial charge in [-0.15, -0.1) is 18.3 Å². The number of hydrogen-bond acceptors (Lipinski definition) is 6. The summed E-state index contributed by atoms with van der Waals surface area (Å²) in [6.45, 7) is 7.31. The molecule has 0 unspecified atom stereocenters. The van der Waals surface area contributed by atoms with E-state index in [1.54, 1.807) is 4.52 Å². The molecule has 8 heteroatoms. The molecule has 0 aliphatic carbocycles. The highest BCUT2D eigenvalue weighted by Crippen LogP contribution is 2.32. The maximum absolute atomic E-state index is 12.5. The Morgan fingerprint density at radius 1 is 1.36 bits per heavy atom. The van der Waals surface area contributed by atoms with Crippen molar-refractivity contribution >= 4 is 32.9 Å². The quantitative estimate of drug-likeness (QED) is 0.613. The Morgan fingerprint density at radius 2 is 2.00 bits per heavy atom. The fraction of sp³-hybridized carbons (Fsp3) is 0.429. The van der Waals surface area contributed by atoms with Crippen molar-refractivity contribution in [3.63, 3.8) is 0 Å². The molecule has 0 atom stereocenters. The van der Waals surface area contributed by atoms with Gasteiger partial charge in [0.25, 0.3) is 0 Å². The highest BCUT2D eigenvalue weighted by atomic mass is 32.2. The molecule has 0 spiro atoms. The van der Waals surface area contributed by atoms with Gasteiger partial charge < -0.3 is 4.90 Å². The fourth-order valence-corrected chi connectivity index (χ4v) is 4.84. The van der Waals surface area contributed by atoms with Gasteiger partial charge in [-0.3, -0.25) is 0 Å². The number of fused-ring (bicyclic) bond motifs is 1. The Hall–Kier alpha value is -1.54. The molecule has 0 radical (unpaired) electrons. The third-order valence-electron chi connectivity index (χ3n) is 3.35. The van der Waals surface area contributed by atoms with E-state index < -0.39 is 9.84 Å². The van der Waals surface area contributed by atoms with Gasteiger partial charge >= 0.3 is 0 Å². The van der Waals surface area contributed by atoms with Gasteiger partial charge in [0.05, 0.1) is 22.8 Å². The predicted molar refractivity (Wildman–Crippen MR) is 90.8 cm³/mol. The van der Waals surface area contributed by atoms with Crippen LogP contribution in [0.3, 0.4) is 0 Å². The molecule has 0 fully saturated rings. The average molecular weight is 340 g/mol. The fourth-order valence-electron chi connectivity index (χ4n) is 2.57. The van der Waals surface area contributed by atoms with Crippen LogP contribution >= 0.6 is 11.8 Å². The summed E-state index contributed by atoms with van der Waals surface area (Å²) in [5, 5.41) is 4.91. The average Bonchev–Trinajstić information content (AvgIpc) is 2.77. The van der Waals surface area contributed by atoms with Crippen molar-refractivity contribution in [1.29, 1.82) is 0 Å². The molecule has 0 saturated heterocycles. The molecular formula is C14H20N4O2S2. The Bertz CT molecular complexity index is 838. The molecule has 0 aliphatic rings. The molecule has 0 bridgehead atoms. The molecule has 22 heavy (non-hydrogen) atoms. The number of thioether (sulfide) groups is 1. The van der Waals surface area contributed by atoms with Crippen LogP contribution in [0.2, 0.25) is 0 Å². The number of anilines is 1. The smallest absolute Gasteiger partial charge is 0.188 e. The van der Waals surface area contributed by atoms with E-state index in [-0.39, 0.29) is 10.6 Å². The Kier molecular flexibility index (Phi) is 4.53. The second-order valence-corrected chi connectivity index (χ2v) is 7.94. The normalized spacial score (nSPS) is 11.9. The SMILES string of the molecule is C=CCS(=O)(=O)c1c(SC)nn2c(C)c(N(C)C)c(C)nc12. The molecule has 0 aliphatic heterocycles. The van der Waals surface area contributed by atoms with Crippen LogP contribution < -0.4 is 4.90 Å². The van der Waals surface area contributed by atoms with Gasteiger partial charge in [0, 0.05) is 14.1 Å². The van der Waals surface area contributed by atoms with E-state index in [2.05, 4.69) is 16.7 Å². The maximum Gasteiger partial charge on any atom is 0.188 e. The number of sulfone groups is 1. The number of rotatable bonds is 5. The van der Waals surface area contributed by atoms with E-state index in [9.17, 15) is 8.42 Å². The molecule has 2 heterocycles. The van der Waals surface area contributed by atoms with Crippen molar-refractivity contribution in [2.75, 3.05) is 31.0 Å². The molecule has 2 rings (SSSR count). The van der Waals surface area contributed by atoms with E-state index in [0.717, 1.165) is 17.1 Å². The lowest BCUT2D eigenvalue weighted by Gasteiger charge is -2.18. The van der Waals surface area contributed by atoms with Crippen LogP contribution in [-0.2, 0) is 9.84 Å². The summed E-state index contributed by atoms with van der Waals surface area (Å²) in [5.41, 5.74) is 2.96. The Balaban J connectivity index is 2.92. The first-order chi connectivity index (χ1) is 10.2. The van der Waals surface area contributed by atoms with Gasteiger partial charge in [-0.25, -0.2) is 17.9 Å². The van der Waals surface area contributed by atoms with Crippen LogP contribution in [-0.4, -0.2) is 49.1 Å². The van der Waals surface area contributed by atoms with E-state index in [1.807, 2.05) is 39.1 Å². The minimum absolute atomic E-state index is 0.128. The maximum atomic E-state index is 12.5. The molecule has 2 aromatic heterocycles. The number of aromatic nitrogens is 3. The first-order valence-corrected chi connectivity index (χ1v) is 9.57. The van der Waals surface area contributed by atoms with Crippen molar-refractivity contribution in [1.82, 2.24) is 14.6 Å². The second-order valence-electron chi connectivity index (χ2n) is 5.17. The molecule has 6 nitrogen and oxygen atoms in total. The molecule has 0 N–H and O–H groups in total. The van der Waals surface area contributed by atoms with E-state index in [1.165, 1.54) is 17.8 Å². The summed E-state index contributed by atoms with van der Waals surface area (Å²) in [7, 11) is 0.354. The zero-order valence-electron chi connectivity index (χ0n) is 13.4. The number of hydrogen-bond donors (Lipinski definition) is 0. The zero-order valence-corrected chi connectivity index (χ0v) is 15.0. The third-order valence-corrected chi connectivity index (χ3v) is 5.83. The first-order valence-electron chi connectivity index (χ1n) is 6.69. The second kappa shape index (κ2) is 5.92. The van der Waals surface area contributed by atoms with Gasteiger partial charge in [0.2, 0.25) is 0 Å². The summed E-state index contributed by atoms with van der Waals surface area (Å²) < 4.78 is 26.7. The van der Waals surface area contributed by atoms with Crippen LogP contribution in [0.25, 0.3) is 5.65 Å². The van der Waals surface area contributed by atoms with Gasteiger partial charge in [0.1, 0.15) is 9.92 Å². The van der Waals surface area contributed by atoms with E-state index in [0.29, 0.717) is 10.7 Å².